The smallest absolute Gasteiger partial charge is 0.277 e. The molecule has 6 heteroatoms. The topological polar surface area (TPSA) is 87.1 Å². The Morgan fingerprint density at radius 3 is 3.00 bits per heavy atom. The molecule has 0 aliphatic carbocycles. The first-order valence-electron chi connectivity index (χ1n) is 6.80. The summed E-state index contributed by atoms with van der Waals surface area (Å²) in [5, 5.41) is 5.96. The minimum absolute atomic E-state index is 0.360. The molecule has 0 saturated heterocycles. The van der Waals surface area contributed by atoms with E-state index in [1.807, 2.05) is 37.3 Å². The van der Waals surface area contributed by atoms with Crippen molar-refractivity contribution in [2.45, 2.75) is 13.0 Å². The van der Waals surface area contributed by atoms with Gasteiger partial charge in [0.1, 0.15) is 5.69 Å². The van der Waals surface area contributed by atoms with Gasteiger partial charge in [-0.3, -0.25) is 4.98 Å². The lowest BCUT2D eigenvalue weighted by atomic mass is 10.1. The third-order valence-electron chi connectivity index (χ3n) is 3.15. The SMILES string of the molecule is CCOCC(N)c1noc(-c2nccc3ccccc23)n1. The number of rotatable bonds is 5. The number of ether oxygens (including phenoxy) is 1. The van der Waals surface area contributed by atoms with Crippen LogP contribution in [0.5, 0.6) is 0 Å². The van der Waals surface area contributed by atoms with Crippen LogP contribution in [0.2, 0.25) is 0 Å². The van der Waals surface area contributed by atoms with Gasteiger partial charge in [-0.25, -0.2) is 0 Å². The monoisotopic (exact) mass is 284 g/mol. The lowest BCUT2D eigenvalue weighted by Gasteiger charge is -2.05. The Hall–Kier alpha value is -2.31. The largest absolute Gasteiger partial charge is 0.380 e. The molecule has 108 valence electrons. The number of hydrogen-bond acceptors (Lipinski definition) is 6. The first-order chi connectivity index (χ1) is 10.3. The van der Waals surface area contributed by atoms with Gasteiger partial charge in [0.05, 0.1) is 12.6 Å². The molecule has 2 heterocycles. The molecule has 0 spiro atoms. The minimum Gasteiger partial charge on any atom is -0.380 e. The van der Waals surface area contributed by atoms with Gasteiger partial charge in [-0.1, -0.05) is 29.4 Å². The Morgan fingerprint density at radius 2 is 2.14 bits per heavy atom. The summed E-state index contributed by atoms with van der Waals surface area (Å²) in [7, 11) is 0. The molecule has 2 N–H and O–H groups in total. The summed E-state index contributed by atoms with van der Waals surface area (Å²) in [5.41, 5.74) is 6.62. The molecular formula is C15H16N4O2. The highest BCUT2D eigenvalue weighted by Crippen LogP contribution is 2.25. The van der Waals surface area contributed by atoms with Crippen molar-refractivity contribution in [2.24, 2.45) is 5.73 Å². The molecule has 0 aliphatic rings. The summed E-state index contributed by atoms with van der Waals surface area (Å²) in [5.74, 6) is 0.793. The Labute approximate surface area is 121 Å². The number of benzene rings is 1. The average Bonchev–Trinajstić information content (AvgIpc) is 3.02. The van der Waals surface area contributed by atoms with Crippen LogP contribution in [0.4, 0.5) is 0 Å². The Balaban J connectivity index is 1.95. The van der Waals surface area contributed by atoms with E-state index < -0.39 is 6.04 Å². The molecule has 1 aromatic carbocycles. The van der Waals surface area contributed by atoms with Crippen molar-refractivity contribution in [2.75, 3.05) is 13.2 Å². The Morgan fingerprint density at radius 1 is 1.29 bits per heavy atom. The van der Waals surface area contributed by atoms with Crippen LogP contribution in [0.15, 0.2) is 41.1 Å². The van der Waals surface area contributed by atoms with Crippen LogP contribution in [0, 0.1) is 0 Å². The molecule has 21 heavy (non-hydrogen) atoms. The number of nitrogens with zero attached hydrogens (tertiary/aromatic N) is 3. The fraction of sp³-hybridized carbons (Fsp3) is 0.267. The van der Waals surface area contributed by atoms with E-state index in [4.69, 9.17) is 15.0 Å². The zero-order valence-electron chi connectivity index (χ0n) is 11.7. The summed E-state index contributed by atoms with van der Waals surface area (Å²) in [6, 6.07) is 9.45. The van der Waals surface area contributed by atoms with E-state index in [1.165, 1.54) is 0 Å². The number of nitrogens with two attached hydrogens (primary N) is 1. The molecule has 0 aliphatic heterocycles. The standard InChI is InChI=1S/C15H16N4O2/c1-2-20-9-12(16)14-18-15(21-19-14)13-11-6-4-3-5-10(11)7-8-17-13/h3-8,12H,2,9,16H2,1H3. The summed E-state index contributed by atoms with van der Waals surface area (Å²) in [6.45, 7) is 2.87. The maximum absolute atomic E-state index is 5.95. The van der Waals surface area contributed by atoms with Gasteiger partial charge in [0.25, 0.3) is 5.89 Å². The van der Waals surface area contributed by atoms with Gasteiger partial charge in [0, 0.05) is 18.2 Å². The van der Waals surface area contributed by atoms with Crippen molar-refractivity contribution < 1.29 is 9.26 Å². The molecule has 3 rings (SSSR count). The van der Waals surface area contributed by atoms with Gasteiger partial charge in [0.2, 0.25) is 0 Å². The van der Waals surface area contributed by atoms with Crippen LogP contribution in [0.1, 0.15) is 18.8 Å². The molecule has 0 saturated carbocycles. The Bertz CT molecular complexity index is 736. The highest BCUT2D eigenvalue weighted by Gasteiger charge is 2.17. The van der Waals surface area contributed by atoms with Crippen LogP contribution < -0.4 is 5.73 Å². The third kappa shape index (κ3) is 2.76. The molecule has 0 radical (unpaired) electrons. The predicted molar refractivity (Wildman–Crippen MR) is 78.5 cm³/mol. The molecule has 1 unspecified atom stereocenters. The molecule has 0 bridgehead atoms. The Kier molecular flexibility index (Phi) is 3.89. The van der Waals surface area contributed by atoms with Crippen molar-refractivity contribution in [1.29, 1.82) is 0 Å². The lowest BCUT2D eigenvalue weighted by Crippen LogP contribution is -2.18. The molecule has 6 nitrogen and oxygen atoms in total. The first-order valence-corrected chi connectivity index (χ1v) is 6.80. The average molecular weight is 284 g/mol. The zero-order valence-corrected chi connectivity index (χ0v) is 11.7. The maximum Gasteiger partial charge on any atom is 0.277 e. The molecule has 0 amide bonds. The van der Waals surface area contributed by atoms with Crippen LogP contribution in [-0.4, -0.2) is 28.3 Å². The number of pyridine rings is 1. The molecule has 0 fully saturated rings. The third-order valence-corrected chi connectivity index (χ3v) is 3.15. The van der Waals surface area contributed by atoms with E-state index in [-0.39, 0.29) is 0 Å². The summed E-state index contributed by atoms with van der Waals surface area (Å²) in [4.78, 5) is 8.68. The highest BCUT2D eigenvalue weighted by atomic mass is 16.5. The maximum atomic E-state index is 5.95. The van der Waals surface area contributed by atoms with Crippen LogP contribution in [-0.2, 0) is 4.74 Å². The van der Waals surface area contributed by atoms with Gasteiger partial charge in [-0.05, 0) is 18.4 Å². The van der Waals surface area contributed by atoms with Crippen molar-refractivity contribution in [3.8, 4) is 11.6 Å². The van der Waals surface area contributed by atoms with E-state index in [0.29, 0.717) is 30.6 Å². The van der Waals surface area contributed by atoms with E-state index in [2.05, 4.69) is 15.1 Å². The second-order valence-electron chi connectivity index (χ2n) is 4.60. The zero-order chi connectivity index (χ0) is 14.7. The van der Waals surface area contributed by atoms with Crippen LogP contribution >= 0.6 is 0 Å². The van der Waals surface area contributed by atoms with Crippen molar-refractivity contribution in [1.82, 2.24) is 15.1 Å². The summed E-state index contributed by atoms with van der Waals surface area (Å²) < 4.78 is 10.6. The fourth-order valence-corrected chi connectivity index (χ4v) is 2.09. The van der Waals surface area contributed by atoms with Crippen LogP contribution in [0.25, 0.3) is 22.4 Å². The highest BCUT2D eigenvalue weighted by molar-refractivity contribution is 5.92. The summed E-state index contributed by atoms with van der Waals surface area (Å²) in [6.07, 6.45) is 1.72. The van der Waals surface area contributed by atoms with Gasteiger partial charge < -0.3 is 15.0 Å². The molecule has 1 atom stereocenters. The van der Waals surface area contributed by atoms with Crippen LogP contribution in [0.3, 0.4) is 0 Å². The van der Waals surface area contributed by atoms with E-state index in [0.717, 1.165) is 10.8 Å². The molecule has 3 aromatic rings. The molecule has 2 aromatic heterocycles. The summed E-state index contributed by atoms with van der Waals surface area (Å²) >= 11 is 0. The van der Waals surface area contributed by atoms with Crippen molar-refractivity contribution in [3.63, 3.8) is 0 Å². The normalized spacial score (nSPS) is 12.7. The number of aromatic nitrogens is 3. The van der Waals surface area contributed by atoms with Gasteiger partial charge >= 0.3 is 0 Å². The number of hydrogen-bond donors (Lipinski definition) is 1. The fourth-order valence-electron chi connectivity index (χ4n) is 2.09. The predicted octanol–water partition coefficient (Wildman–Crippen LogP) is 2.32. The van der Waals surface area contributed by atoms with Gasteiger partial charge in [-0.15, -0.1) is 0 Å². The van der Waals surface area contributed by atoms with E-state index >= 15 is 0 Å². The minimum atomic E-state index is -0.405. The van der Waals surface area contributed by atoms with Gasteiger partial charge in [-0.2, -0.15) is 4.98 Å². The molecular weight excluding hydrogens is 268 g/mol. The van der Waals surface area contributed by atoms with Gasteiger partial charge in [0.15, 0.2) is 5.82 Å². The number of fused-ring (bicyclic) bond motifs is 1. The van der Waals surface area contributed by atoms with E-state index in [1.54, 1.807) is 6.20 Å². The first kappa shape index (κ1) is 13.7. The van der Waals surface area contributed by atoms with Crippen molar-refractivity contribution >= 4 is 10.8 Å². The second-order valence-corrected chi connectivity index (χ2v) is 4.60. The lowest BCUT2D eigenvalue weighted by molar-refractivity contribution is 0.130. The quantitative estimate of drug-likeness (QED) is 0.773. The van der Waals surface area contributed by atoms with Crippen molar-refractivity contribution in [3.05, 3.63) is 42.4 Å². The second kappa shape index (κ2) is 5.99. The van der Waals surface area contributed by atoms with E-state index in [9.17, 15) is 0 Å².